The van der Waals surface area contributed by atoms with Crippen molar-refractivity contribution in [3.8, 4) is 5.75 Å². The molecule has 1 fully saturated rings. The molecule has 1 N–H and O–H groups in total. The average Bonchev–Trinajstić information content (AvgIpc) is 3.03. The zero-order valence-electron chi connectivity index (χ0n) is 8.58. The Morgan fingerprint density at radius 1 is 1.40 bits per heavy atom. The van der Waals surface area contributed by atoms with E-state index in [1.54, 1.807) is 0 Å². The van der Waals surface area contributed by atoms with Crippen LogP contribution >= 0.6 is 15.9 Å². The van der Waals surface area contributed by atoms with E-state index in [1.165, 1.54) is 12.8 Å². The van der Waals surface area contributed by atoms with Crippen LogP contribution in [0.25, 0.3) is 0 Å². The highest BCUT2D eigenvalue weighted by atomic mass is 79.9. The van der Waals surface area contributed by atoms with Gasteiger partial charge in [-0.05, 0) is 42.9 Å². The fourth-order valence-corrected chi connectivity index (χ4v) is 2.00. The molecule has 0 atom stereocenters. The van der Waals surface area contributed by atoms with Gasteiger partial charge in [0.1, 0.15) is 5.75 Å². The van der Waals surface area contributed by atoms with Gasteiger partial charge in [-0.25, -0.2) is 0 Å². The Kier molecular flexibility index (Phi) is 3.65. The fourth-order valence-electron chi connectivity index (χ4n) is 1.44. The molecule has 0 unspecified atom stereocenters. The van der Waals surface area contributed by atoms with E-state index in [9.17, 15) is 0 Å². The maximum Gasteiger partial charge on any atom is 0.120 e. The van der Waals surface area contributed by atoms with E-state index in [-0.39, 0.29) is 6.61 Å². The zero-order valence-corrected chi connectivity index (χ0v) is 10.2. The summed E-state index contributed by atoms with van der Waals surface area (Å²) in [6.07, 6.45) is 3.30. The van der Waals surface area contributed by atoms with Crippen LogP contribution < -0.4 is 4.74 Å². The van der Waals surface area contributed by atoms with Crippen molar-refractivity contribution >= 4 is 15.9 Å². The maximum atomic E-state index is 8.85. The van der Waals surface area contributed by atoms with Crippen LogP contribution in [-0.4, -0.2) is 18.3 Å². The van der Waals surface area contributed by atoms with Crippen molar-refractivity contribution in [1.29, 1.82) is 0 Å². The van der Waals surface area contributed by atoms with Crippen molar-refractivity contribution in [3.05, 3.63) is 28.2 Å². The second-order valence-corrected chi connectivity index (χ2v) is 4.84. The Morgan fingerprint density at radius 3 is 2.80 bits per heavy atom. The topological polar surface area (TPSA) is 29.5 Å². The van der Waals surface area contributed by atoms with Crippen LogP contribution in [0.1, 0.15) is 18.4 Å². The van der Waals surface area contributed by atoms with Crippen LogP contribution in [0, 0.1) is 5.92 Å². The van der Waals surface area contributed by atoms with Gasteiger partial charge < -0.3 is 9.84 Å². The molecule has 82 valence electrons. The fraction of sp³-hybridized carbons (Fsp3) is 0.500. The molecule has 1 aliphatic rings. The molecule has 0 radical (unpaired) electrons. The molecule has 1 aromatic rings. The lowest BCUT2D eigenvalue weighted by Gasteiger charge is -2.08. The number of aliphatic hydroxyl groups is 1. The highest BCUT2D eigenvalue weighted by Crippen LogP contribution is 2.30. The van der Waals surface area contributed by atoms with Crippen molar-refractivity contribution in [3.63, 3.8) is 0 Å². The van der Waals surface area contributed by atoms with Gasteiger partial charge in [0, 0.05) is 11.1 Å². The summed E-state index contributed by atoms with van der Waals surface area (Å²) < 4.78 is 6.67. The summed E-state index contributed by atoms with van der Waals surface area (Å²) in [5.74, 6) is 1.69. The largest absolute Gasteiger partial charge is 0.493 e. The molecule has 0 aromatic heterocycles. The summed E-state index contributed by atoms with van der Waals surface area (Å²) >= 11 is 3.48. The Balaban J connectivity index is 1.96. The van der Waals surface area contributed by atoms with E-state index < -0.39 is 0 Å². The minimum absolute atomic E-state index is 0.181. The zero-order chi connectivity index (χ0) is 10.7. The molecule has 0 aliphatic heterocycles. The van der Waals surface area contributed by atoms with E-state index >= 15 is 0 Å². The highest BCUT2D eigenvalue weighted by molar-refractivity contribution is 9.10. The maximum absolute atomic E-state index is 8.85. The molecule has 15 heavy (non-hydrogen) atoms. The van der Waals surface area contributed by atoms with Crippen molar-refractivity contribution in [2.45, 2.75) is 19.3 Å². The minimum atomic E-state index is 0.181. The van der Waals surface area contributed by atoms with Crippen molar-refractivity contribution < 1.29 is 9.84 Å². The lowest BCUT2D eigenvalue weighted by Crippen LogP contribution is -1.99. The van der Waals surface area contributed by atoms with Crippen LogP contribution in [-0.2, 0) is 6.42 Å². The molecule has 3 heteroatoms. The van der Waals surface area contributed by atoms with E-state index in [0.29, 0.717) is 6.42 Å². The third-order valence-electron chi connectivity index (χ3n) is 2.59. The second kappa shape index (κ2) is 4.99. The standard InChI is InChI=1S/C12H15BrO2/c13-12-7-11(15-8-9-1-2-9)4-3-10(12)5-6-14/h3-4,7,9,14H,1-2,5-6,8H2. The van der Waals surface area contributed by atoms with Gasteiger partial charge in [0.05, 0.1) is 6.61 Å². The average molecular weight is 271 g/mol. The number of hydrogen-bond donors (Lipinski definition) is 1. The molecule has 1 aromatic carbocycles. The molecule has 1 saturated carbocycles. The van der Waals surface area contributed by atoms with Crippen LogP contribution in [0.5, 0.6) is 5.75 Å². The quantitative estimate of drug-likeness (QED) is 0.892. The third kappa shape index (κ3) is 3.21. The molecule has 2 rings (SSSR count). The molecular formula is C12H15BrO2. The summed E-state index contributed by atoms with van der Waals surface area (Å²) in [4.78, 5) is 0. The normalized spacial score (nSPS) is 15.3. The van der Waals surface area contributed by atoms with E-state index in [2.05, 4.69) is 15.9 Å². The molecule has 0 saturated heterocycles. The van der Waals surface area contributed by atoms with E-state index in [1.807, 2.05) is 18.2 Å². The molecular weight excluding hydrogens is 256 g/mol. The van der Waals surface area contributed by atoms with Crippen LogP contribution in [0.2, 0.25) is 0 Å². The van der Waals surface area contributed by atoms with Crippen LogP contribution in [0.3, 0.4) is 0 Å². The van der Waals surface area contributed by atoms with Crippen LogP contribution in [0.15, 0.2) is 22.7 Å². The molecule has 0 heterocycles. The Hall–Kier alpha value is -0.540. The first-order valence-corrected chi connectivity index (χ1v) is 6.11. The second-order valence-electron chi connectivity index (χ2n) is 3.98. The van der Waals surface area contributed by atoms with Gasteiger partial charge in [0.15, 0.2) is 0 Å². The van der Waals surface area contributed by atoms with Gasteiger partial charge in [-0.2, -0.15) is 0 Å². The van der Waals surface area contributed by atoms with E-state index in [4.69, 9.17) is 9.84 Å². The highest BCUT2D eigenvalue weighted by Gasteiger charge is 2.21. The Morgan fingerprint density at radius 2 is 2.20 bits per heavy atom. The predicted octanol–water partition coefficient (Wildman–Crippen LogP) is 2.77. The lowest BCUT2D eigenvalue weighted by atomic mass is 10.1. The first kappa shape index (κ1) is 11.0. The molecule has 2 nitrogen and oxygen atoms in total. The van der Waals surface area contributed by atoms with Gasteiger partial charge in [-0.1, -0.05) is 22.0 Å². The van der Waals surface area contributed by atoms with Gasteiger partial charge in [0.25, 0.3) is 0 Å². The number of aliphatic hydroxyl groups excluding tert-OH is 1. The monoisotopic (exact) mass is 270 g/mol. The summed E-state index contributed by atoms with van der Waals surface area (Å²) in [5, 5.41) is 8.85. The number of halogens is 1. The summed E-state index contributed by atoms with van der Waals surface area (Å²) in [5.41, 5.74) is 1.12. The SMILES string of the molecule is OCCc1ccc(OCC2CC2)cc1Br. The number of benzene rings is 1. The first-order valence-electron chi connectivity index (χ1n) is 5.31. The van der Waals surface area contributed by atoms with Gasteiger partial charge in [-0.15, -0.1) is 0 Å². The van der Waals surface area contributed by atoms with Gasteiger partial charge >= 0.3 is 0 Å². The summed E-state index contributed by atoms with van der Waals surface area (Å²) in [6.45, 7) is 1.02. The Bertz CT molecular complexity index is 334. The summed E-state index contributed by atoms with van der Waals surface area (Å²) in [7, 11) is 0. The summed E-state index contributed by atoms with van der Waals surface area (Å²) in [6, 6.07) is 5.95. The van der Waals surface area contributed by atoms with Gasteiger partial charge in [0.2, 0.25) is 0 Å². The van der Waals surface area contributed by atoms with E-state index in [0.717, 1.165) is 28.3 Å². The first-order chi connectivity index (χ1) is 7.29. The molecule has 0 amide bonds. The van der Waals surface area contributed by atoms with Crippen molar-refractivity contribution in [2.75, 3.05) is 13.2 Å². The molecule has 0 bridgehead atoms. The predicted molar refractivity (Wildman–Crippen MR) is 63.2 cm³/mol. The number of ether oxygens (including phenoxy) is 1. The van der Waals surface area contributed by atoms with Gasteiger partial charge in [-0.3, -0.25) is 0 Å². The minimum Gasteiger partial charge on any atom is -0.493 e. The van der Waals surface area contributed by atoms with Crippen molar-refractivity contribution in [1.82, 2.24) is 0 Å². The number of hydrogen-bond acceptors (Lipinski definition) is 2. The molecule has 0 spiro atoms. The number of rotatable bonds is 5. The smallest absolute Gasteiger partial charge is 0.120 e. The third-order valence-corrected chi connectivity index (χ3v) is 3.33. The Labute approximate surface area is 98.4 Å². The lowest BCUT2D eigenvalue weighted by molar-refractivity contribution is 0.296. The van der Waals surface area contributed by atoms with Crippen LogP contribution in [0.4, 0.5) is 0 Å². The van der Waals surface area contributed by atoms with Crippen molar-refractivity contribution in [2.24, 2.45) is 5.92 Å². The molecule has 1 aliphatic carbocycles.